The van der Waals surface area contributed by atoms with Gasteiger partial charge in [-0.05, 0) is 24.6 Å². The normalized spacial score (nSPS) is 9.82. The molecule has 1 aromatic heterocycles. The van der Waals surface area contributed by atoms with Gasteiger partial charge in [-0.3, -0.25) is 4.98 Å². The third kappa shape index (κ3) is 1.91. The molecule has 0 aliphatic heterocycles. The summed E-state index contributed by atoms with van der Waals surface area (Å²) in [6.45, 7) is 1.96. The topological polar surface area (TPSA) is 36.7 Å². The van der Waals surface area contributed by atoms with E-state index in [2.05, 4.69) is 4.98 Å². The molecular formula is C9H8N2. The van der Waals surface area contributed by atoms with E-state index >= 15 is 0 Å². The van der Waals surface area contributed by atoms with Gasteiger partial charge in [-0.1, -0.05) is 6.07 Å². The molecule has 2 nitrogen and oxygen atoms in total. The predicted molar refractivity (Wildman–Crippen MR) is 43.6 cm³/mol. The van der Waals surface area contributed by atoms with Gasteiger partial charge in [-0.15, -0.1) is 0 Å². The molecule has 54 valence electrons. The van der Waals surface area contributed by atoms with Gasteiger partial charge in [-0.25, -0.2) is 0 Å². The second kappa shape index (κ2) is 3.52. The molecule has 0 bridgehead atoms. The number of nitrogens with zero attached hydrogens (tertiary/aromatic N) is 2. The maximum absolute atomic E-state index is 8.25. The van der Waals surface area contributed by atoms with Crippen LogP contribution in [0, 0.1) is 18.3 Å². The number of allylic oxidation sites excluding steroid dienone is 1. The molecular weight excluding hydrogens is 136 g/mol. The van der Waals surface area contributed by atoms with Gasteiger partial charge in [-0.2, -0.15) is 5.26 Å². The first-order valence-corrected chi connectivity index (χ1v) is 3.32. The zero-order valence-corrected chi connectivity index (χ0v) is 6.28. The minimum atomic E-state index is 0.856. The monoisotopic (exact) mass is 144 g/mol. The van der Waals surface area contributed by atoms with E-state index in [-0.39, 0.29) is 0 Å². The number of aromatic nitrogens is 1. The molecule has 1 rings (SSSR count). The highest BCUT2D eigenvalue weighted by Crippen LogP contribution is 2.04. The summed E-state index contributed by atoms with van der Waals surface area (Å²) in [6, 6.07) is 5.76. The Balaban J connectivity index is 2.97. The van der Waals surface area contributed by atoms with E-state index in [4.69, 9.17) is 5.26 Å². The molecule has 0 N–H and O–H groups in total. The second-order valence-corrected chi connectivity index (χ2v) is 2.17. The molecule has 0 spiro atoms. The summed E-state index contributed by atoms with van der Waals surface area (Å²) in [6.07, 6.45) is 4.84. The van der Waals surface area contributed by atoms with Gasteiger partial charge in [0.25, 0.3) is 0 Å². The van der Waals surface area contributed by atoms with Crippen LogP contribution in [0.3, 0.4) is 0 Å². The standard InChI is InChI=1S/C9H8N2/c1-8-4-3-7-11-9(8)5-2-6-10/h2-5,7H,1H3. The number of hydrogen-bond acceptors (Lipinski definition) is 2. The largest absolute Gasteiger partial charge is 0.257 e. The predicted octanol–water partition coefficient (Wildman–Crippen LogP) is 1.93. The maximum atomic E-state index is 8.25. The van der Waals surface area contributed by atoms with Crippen LogP contribution in [0.25, 0.3) is 6.08 Å². The van der Waals surface area contributed by atoms with E-state index < -0.39 is 0 Å². The summed E-state index contributed by atoms with van der Waals surface area (Å²) < 4.78 is 0. The molecule has 0 amide bonds. The number of hydrogen-bond donors (Lipinski definition) is 0. The van der Waals surface area contributed by atoms with Crippen molar-refractivity contribution in [2.75, 3.05) is 0 Å². The van der Waals surface area contributed by atoms with Crippen LogP contribution < -0.4 is 0 Å². The molecule has 0 atom stereocenters. The molecule has 0 unspecified atom stereocenters. The van der Waals surface area contributed by atoms with Gasteiger partial charge in [0, 0.05) is 12.3 Å². The van der Waals surface area contributed by atoms with Crippen LogP contribution in [0.4, 0.5) is 0 Å². The molecule has 0 aromatic carbocycles. The van der Waals surface area contributed by atoms with Crippen molar-refractivity contribution < 1.29 is 0 Å². The Bertz CT molecular complexity index is 308. The Labute approximate surface area is 65.8 Å². The fraction of sp³-hybridized carbons (Fsp3) is 0.111. The van der Waals surface area contributed by atoms with Crippen molar-refractivity contribution >= 4 is 6.08 Å². The van der Waals surface area contributed by atoms with Crippen molar-refractivity contribution in [1.82, 2.24) is 4.98 Å². The Morgan fingerprint density at radius 2 is 2.45 bits per heavy atom. The highest BCUT2D eigenvalue weighted by atomic mass is 14.7. The molecule has 0 radical (unpaired) electrons. The number of rotatable bonds is 1. The minimum Gasteiger partial charge on any atom is -0.257 e. The summed E-state index contributed by atoms with van der Waals surface area (Å²) in [7, 11) is 0. The van der Waals surface area contributed by atoms with Crippen LogP contribution >= 0.6 is 0 Å². The van der Waals surface area contributed by atoms with E-state index in [0.717, 1.165) is 11.3 Å². The summed E-state index contributed by atoms with van der Waals surface area (Å²) in [5.74, 6) is 0. The number of nitriles is 1. The van der Waals surface area contributed by atoms with Crippen LogP contribution in [0.5, 0.6) is 0 Å². The second-order valence-electron chi connectivity index (χ2n) is 2.17. The first-order chi connectivity index (χ1) is 5.34. The van der Waals surface area contributed by atoms with Gasteiger partial charge >= 0.3 is 0 Å². The van der Waals surface area contributed by atoms with E-state index in [0.29, 0.717) is 0 Å². The van der Waals surface area contributed by atoms with Crippen molar-refractivity contribution in [3.8, 4) is 6.07 Å². The zero-order valence-electron chi connectivity index (χ0n) is 6.28. The molecule has 1 aromatic rings. The fourth-order valence-corrected chi connectivity index (χ4v) is 0.789. The van der Waals surface area contributed by atoms with Crippen LogP contribution in [0.15, 0.2) is 24.4 Å². The molecule has 2 heteroatoms. The van der Waals surface area contributed by atoms with Crippen molar-refractivity contribution in [1.29, 1.82) is 5.26 Å². The smallest absolute Gasteiger partial charge is 0.0912 e. The van der Waals surface area contributed by atoms with Gasteiger partial charge in [0.15, 0.2) is 0 Å². The average molecular weight is 144 g/mol. The first-order valence-electron chi connectivity index (χ1n) is 3.32. The molecule has 0 saturated heterocycles. The Hall–Kier alpha value is -1.62. The van der Waals surface area contributed by atoms with Crippen molar-refractivity contribution in [2.45, 2.75) is 6.92 Å². The Kier molecular flexibility index (Phi) is 2.40. The molecule has 0 aliphatic rings. The van der Waals surface area contributed by atoms with Gasteiger partial charge < -0.3 is 0 Å². The number of pyridine rings is 1. The van der Waals surface area contributed by atoms with Crippen molar-refractivity contribution in [3.05, 3.63) is 35.7 Å². The summed E-state index contributed by atoms with van der Waals surface area (Å²) in [4.78, 5) is 4.08. The lowest BCUT2D eigenvalue weighted by atomic mass is 10.2. The fourth-order valence-electron chi connectivity index (χ4n) is 0.789. The van der Waals surface area contributed by atoms with Crippen molar-refractivity contribution in [3.63, 3.8) is 0 Å². The van der Waals surface area contributed by atoms with Gasteiger partial charge in [0.05, 0.1) is 11.8 Å². The lowest BCUT2D eigenvalue weighted by Gasteiger charge is -1.94. The molecule has 0 saturated carbocycles. The highest BCUT2D eigenvalue weighted by molar-refractivity contribution is 5.50. The Morgan fingerprint density at radius 1 is 1.64 bits per heavy atom. The quantitative estimate of drug-likeness (QED) is 0.564. The maximum Gasteiger partial charge on any atom is 0.0912 e. The minimum absolute atomic E-state index is 0.856. The summed E-state index contributed by atoms with van der Waals surface area (Å²) in [5.41, 5.74) is 1.94. The third-order valence-electron chi connectivity index (χ3n) is 1.37. The lowest BCUT2D eigenvalue weighted by Crippen LogP contribution is -1.83. The van der Waals surface area contributed by atoms with Crippen LogP contribution in [-0.2, 0) is 0 Å². The van der Waals surface area contributed by atoms with E-state index in [1.54, 1.807) is 12.3 Å². The average Bonchev–Trinajstić information content (AvgIpc) is 2.03. The van der Waals surface area contributed by atoms with Crippen LogP contribution in [0.2, 0.25) is 0 Å². The highest BCUT2D eigenvalue weighted by Gasteiger charge is 1.90. The molecule has 1 heterocycles. The van der Waals surface area contributed by atoms with Gasteiger partial charge in [0.1, 0.15) is 0 Å². The molecule has 11 heavy (non-hydrogen) atoms. The van der Waals surface area contributed by atoms with Crippen molar-refractivity contribution in [2.24, 2.45) is 0 Å². The van der Waals surface area contributed by atoms with E-state index in [1.807, 2.05) is 25.1 Å². The van der Waals surface area contributed by atoms with E-state index in [9.17, 15) is 0 Å². The molecule has 0 aliphatic carbocycles. The van der Waals surface area contributed by atoms with Crippen LogP contribution in [0.1, 0.15) is 11.3 Å². The number of aryl methyl sites for hydroxylation is 1. The summed E-state index contributed by atoms with van der Waals surface area (Å²) in [5, 5.41) is 8.25. The van der Waals surface area contributed by atoms with E-state index in [1.165, 1.54) is 6.08 Å². The zero-order chi connectivity index (χ0) is 8.10. The Morgan fingerprint density at radius 3 is 3.09 bits per heavy atom. The summed E-state index contributed by atoms with van der Waals surface area (Å²) >= 11 is 0. The third-order valence-corrected chi connectivity index (χ3v) is 1.37. The van der Waals surface area contributed by atoms with Crippen LogP contribution in [-0.4, -0.2) is 4.98 Å². The molecule has 0 fully saturated rings. The first kappa shape index (κ1) is 7.49. The SMILES string of the molecule is Cc1cccnc1C=CC#N. The lowest BCUT2D eigenvalue weighted by molar-refractivity contribution is 1.24. The van der Waals surface area contributed by atoms with Gasteiger partial charge in [0.2, 0.25) is 0 Å².